The molecule has 26 heavy (non-hydrogen) atoms. The molecule has 1 N–H and O–H groups in total. The second-order valence-corrected chi connectivity index (χ2v) is 6.11. The smallest absolute Gasteiger partial charge is 0.260 e. The Morgan fingerprint density at radius 1 is 1.27 bits per heavy atom. The van der Waals surface area contributed by atoms with Gasteiger partial charge in [-0.05, 0) is 56.7 Å². The standard InChI is InChI=1S/C21H25N3O2/c1-4-24(19-9-5-7-16(2)13-19)12-11-23-21(25)17(3)26-20-10-6-8-18(14-20)15-22/h5-10,13-14,17H,4,11-12H2,1-3H3,(H,23,25). The molecule has 1 amide bonds. The molecule has 2 aromatic rings. The zero-order valence-corrected chi connectivity index (χ0v) is 15.5. The molecule has 0 radical (unpaired) electrons. The minimum Gasteiger partial charge on any atom is -0.481 e. The first-order valence-electron chi connectivity index (χ1n) is 8.79. The van der Waals surface area contributed by atoms with E-state index < -0.39 is 6.10 Å². The first-order valence-corrected chi connectivity index (χ1v) is 8.79. The third-order valence-corrected chi connectivity index (χ3v) is 4.07. The van der Waals surface area contributed by atoms with E-state index in [1.807, 2.05) is 6.07 Å². The van der Waals surface area contributed by atoms with Crippen LogP contribution >= 0.6 is 0 Å². The molecule has 0 heterocycles. The fraction of sp³-hybridized carbons (Fsp3) is 0.333. The molecule has 5 heteroatoms. The number of nitrogens with zero attached hydrogens (tertiary/aromatic N) is 2. The van der Waals surface area contributed by atoms with Gasteiger partial charge in [-0.15, -0.1) is 0 Å². The number of aryl methyl sites for hydroxylation is 1. The first kappa shape index (κ1) is 19.3. The van der Waals surface area contributed by atoms with Crippen LogP contribution in [0.3, 0.4) is 0 Å². The second kappa shape index (κ2) is 9.47. The van der Waals surface area contributed by atoms with E-state index in [4.69, 9.17) is 10.00 Å². The number of hydrogen-bond donors (Lipinski definition) is 1. The Labute approximate surface area is 155 Å². The number of anilines is 1. The number of nitriles is 1. The third kappa shape index (κ3) is 5.52. The molecule has 0 aromatic heterocycles. The van der Waals surface area contributed by atoms with Crippen molar-refractivity contribution in [3.63, 3.8) is 0 Å². The Kier molecular flexibility index (Phi) is 7.04. The van der Waals surface area contributed by atoms with Crippen LogP contribution in [-0.2, 0) is 4.79 Å². The van der Waals surface area contributed by atoms with Crippen LogP contribution in [0.25, 0.3) is 0 Å². The van der Waals surface area contributed by atoms with Gasteiger partial charge in [-0.1, -0.05) is 18.2 Å². The molecule has 0 aliphatic rings. The lowest BCUT2D eigenvalue weighted by Crippen LogP contribution is -2.40. The zero-order chi connectivity index (χ0) is 18.9. The van der Waals surface area contributed by atoms with Gasteiger partial charge in [0.25, 0.3) is 5.91 Å². The van der Waals surface area contributed by atoms with Crippen LogP contribution in [-0.4, -0.2) is 31.6 Å². The van der Waals surface area contributed by atoms with Gasteiger partial charge in [-0.25, -0.2) is 0 Å². The number of amides is 1. The number of carbonyl (C=O) groups excluding carboxylic acids is 1. The van der Waals surface area contributed by atoms with Crippen molar-refractivity contribution in [3.05, 3.63) is 59.7 Å². The Morgan fingerprint density at radius 3 is 2.73 bits per heavy atom. The largest absolute Gasteiger partial charge is 0.481 e. The molecule has 0 aliphatic heterocycles. The summed E-state index contributed by atoms with van der Waals surface area (Å²) in [4.78, 5) is 14.5. The van der Waals surface area contributed by atoms with Gasteiger partial charge in [0, 0.05) is 25.3 Å². The number of rotatable bonds is 8. The molecule has 0 saturated heterocycles. The summed E-state index contributed by atoms with van der Waals surface area (Å²) in [6, 6.07) is 17.2. The molecule has 0 saturated carbocycles. The van der Waals surface area contributed by atoms with Crippen molar-refractivity contribution < 1.29 is 9.53 Å². The van der Waals surface area contributed by atoms with Crippen molar-refractivity contribution in [2.24, 2.45) is 0 Å². The molecule has 0 fully saturated rings. The minimum absolute atomic E-state index is 0.173. The summed E-state index contributed by atoms with van der Waals surface area (Å²) >= 11 is 0. The van der Waals surface area contributed by atoms with Crippen LogP contribution in [0.4, 0.5) is 5.69 Å². The SMILES string of the molecule is CCN(CCNC(=O)C(C)Oc1cccc(C#N)c1)c1cccc(C)c1. The molecule has 0 spiro atoms. The normalized spacial score (nSPS) is 11.3. The molecule has 0 bridgehead atoms. The first-order chi connectivity index (χ1) is 12.5. The highest BCUT2D eigenvalue weighted by Crippen LogP contribution is 2.16. The Hall–Kier alpha value is -3.00. The molecular weight excluding hydrogens is 326 g/mol. The predicted molar refractivity (Wildman–Crippen MR) is 103 cm³/mol. The van der Waals surface area contributed by atoms with Crippen LogP contribution < -0.4 is 15.0 Å². The lowest BCUT2D eigenvalue weighted by atomic mass is 10.2. The molecule has 2 rings (SSSR count). The topological polar surface area (TPSA) is 65.4 Å². The fourth-order valence-electron chi connectivity index (χ4n) is 2.65. The Balaban J connectivity index is 1.84. The van der Waals surface area contributed by atoms with E-state index in [1.165, 1.54) is 5.56 Å². The maximum absolute atomic E-state index is 12.2. The van der Waals surface area contributed by atoms with Crippen molar-refractivity contribution >= 4 is 11.6 Å². The van der Waals surface area contributed by atoms with E-state index in [0.29, 0.717) is 17.9 Å². The lowest BCUT2D eigenvalue weighted by Gasteiger charge is -2.24. The molecular formula is C21H25N3O2. The summed E-state index contributed by atoms with van der Waals surface area (Å²) in [6.45, 7) is 7.99. The van der Waals surface area contributed by atoms with Crippen LogP contribution in [0.15, 0.2) is 48.5 Å². The summed E-state index contributed by atoms with van der Waals surface area (Å²) in [5, 5.41) is 11.8. The highest BCUT2D eigenvalue weighted by Gasteiger charge is 2.15. The van der Waals surface area contributed by atoms with E-state index in [1.54, 1.807) is 31.2 Å². The number of carbonyl (C=O) groups is 1. The van der Waals surface area contributed by atoms with E-state index in [0.717, 1.165) is 18.8 Å². The number of hydrogen-bond acceptors (Lipinski definition) is 4. The monoisotopic (exact) mass is 351 g/mol. The fourth-order valence-corrected chi connectivity index (χ4v) is 2.65. The summed E-state index contributed by atoms with van der Waals surface area (Å²) in [5.74, 6) is 0.342. The third-order valence-electron chi connectivity index (χ3n) is 4.07. The molecule has 136 valence electrons. The summed E-state index contributed by atoms with van der Waals surface area (Å²) in [7, 11) is 0. The van der Waals surface area contributed by atoms with Crippen molar-refractivity contribution in [1.82, 2.24) is 5.32 Å². The number of ether oxygens (including phenoxy) is 1. The van der Waals surface area contributed by atoms with Crippen molar-refractivity contribution in [2.75, 3.05) is 24.5 Å². The zero-order valence-electron chi connectivity index (χ0n) is 15.5. The van der Waals surface area contributed by atoms with Crippen LogP contribution in [0, 0.1) is 18.3 Å². The van der Waals surface area contributed by atoms with Crippen LogP contribution in [0.2, 0.25) is 0 Å². The summed E-state index contributed by atoms with van der Waals surface area (Å²) < 4.78 is 5.63. The molecule has 0 aliphatic carbocycles. The highest BCUT2D eigenvalue weighted by molar-refractivity contribution is 5.80. The molecule has 1 unspecified atom stereocenters. The molecule has 1 atom stereocenters. The average Bonchev–Trinajstić information content (AvgIpc) is 2.65. The molecule has 2 aromatic carbocycles. The van der Waals surface area contributed by atoms with Gasteiger partial charge >= 0.3 is 0 Å². The predicted octanol–water partition coefficient (Wildman–Crippen LogP) is 3.28. The quantitative estimate of drug-likeness (QED) is 0.793. The van der Waals surface area contributed by atoms with Gasteiger partial charge in [0.1, 0.15) is 5.75 Å². The van der Waals surface area contributed by atoms with Crippen molar-refractivity contribution in [2.45, 2.75) is 26.9 Å². The van der Waals surface area contributed by atoms with Gasteiger partial charge in [-0.3, -0.25) is 4.79 Å². The van der Waals surface area contributed by atoms with Crippen LogP contribution in [0.1, 0.15) is 25.0 Å². The van der Waals surface area contributed by atoms with E-state index in [9.17, 15) is 4.79 Å². The van der Waals surface area contributed by atoms with E-state index in [2.05, 4.69) is 48.3 Å². The van der Waals surface area contributed by atoms with Gasteiger partial charge < -0.3 is 15.0 Å². The van der Waals surface area contributed by atoms with Crippen molar-refractivity contribution in [3.8, 4) is 11.8 Å². The van der Waals surface area contributed by atoms with E-state index in [-0.39, 0.29) is 5.91 Å². The van der Waals surface area contributed by atoms with E-state index >= 15 is 0 Å². The average molecular weight is 351 g/mol. The molecule has 5 nitrogen and oxygen atoms in total. The maximum atomic E-state index is 12.2. The maximum Gasteiger partial charge on any atom is 0.260 e. The second-order valence-electron chi connectivity index (χ2n) is 6.11. The van der Waals surface area contributed by atoms with Gasteiger partial charge in [-0.2, -0.15) is 5.26 Å². The van der Waals surface area contributed by atoms with Gasteiger partial charge in [0.2, 0.25) is 0 Å². The summed E-state index contributed by atoms with van der Waals surface area (Å²) in [5.41, 5.74) is 2.87. The number of likely N-dealkylation sites (N-methyl/N-ethyl adjacent to an activating group) is 1. The van der Waals surface area contributed by atoms with Gasteiger partial charge in [0.05, 0.1) is 11.6 Å². The van der Waals surface area contributed by atoms with Crippen LogP contribution in [0.5, 0.6) is 5.75 Å². The van der Waals surface area contributed by atoms with Gasteiger partial charge in [0.15, 0.2) is 6.10 Å². The summed E-state index contributed by atoms with van der Waals surface area (Å²) in [6.07, 6.45) is -0.627. The minimum atomic E-state index is -0.627. The Bertz CT molecular complexity index is 783. The van der Waals surface area contributed by atoms with Crippen molar-refractivity contribution in [1.29, 1.82) is 5.26 Å². The Morgan fingerprint density at radius 2 is 2.04 bits per heavy atom. The highest BCUT2D eigenvalue weighted by atomic mass is 16.5. The number of nitrogens with one attached hydrogen (secondary N) is 1. The number of benzene rings is 2. The lowest BCUT2D eigenvalue weighted by molar-refractivity contribution is -0.127.